The molecule has 0 radical (unpaired) electrons. The Bertz CT molecular complexity index is 953. The molecule has 1 N–H and O–H groups in total. The fourth-order valence-corrected chi connectivity index (χ4v) is 2.64. The molecular formula is C17H12FN3O4. The fraction of sp³-hybridized carbons (Fsp3) is 0.118. The minimum atomic E-state index is -1.22. The van der Waals surface area contributed by atoms with Crippen LogP contribution in [0.4, 0.5) is 4.39 Å². The number of halogens is 1. The summed E-state index contributed by atoms with van der Waals surface area (Å²) in [5, 5.41) is 17.1. The second-order valence-corrected chi connectivity index (χ2v) is 5.34. The van der Waals surface area contributed by atoms with Crippen LogP contribution in [-0.2, 0) is 0 Å². The van der Waals surface area contributed by atoms with E-state index in [-0.39, 0.29) is 11.4 Å². The fourth-order valence-electron chi connectivity index (χ4n) is 2.64. The van der Waals surface area contributed by atoms with Crippen LogP contribution in [0.25, 0.3) is 16.9 Å². The second-order valence-electron chi connectivity index (χ2n) is 5.34. The lowest BCUT2D eigenvalue weighted by Crippen LogP contribution is -2.15. The minimum Gasteiger partial charge on any atom is -0.486 e. The monoisotopic (exact) mass is 341 g/mol. The molecule has 1 aliphatic heterocycles. The average Bonchev–Trinajstić information content (AvgIpc) is 3.07. The van der Waals surface area contributed by atoms with E-state index in [1.54, 1.807) is 18.2 Å². The zero-order valence-corrected chi connectivity index (χ0v) is 12.8. The Morgan fingerprint density at radius 3 is 2.52 bits per heavy atom. The highest BCUT2D eigenvalue weighted by Crippen LogP contribution is 2.33. The number of aromatic carboxylic acids is 1. The maximum atomic E-state index is 13.2. The van der Waals surface area contributed by atoms with Gasteiger partial charge in [0.2, 0.25) is 0 Å². The molecular weight excluding hydrogens is 329 g/mol. The van der Waals surface area contributed by atoms with Gasteiger partial charge in [0.1, 0.15) is 24.7 Å². The molecule has 126 valence electrons. The highest BCUT2D eigenvalue weighted by atomic mass is 19.1. The number of aromatic nitrogens is 3. The number of fused-ring (bicyclic) bond motifs is 1. The maximum absolute atomic E-state index is 13.2. The first-order chi connectivity index (χ1) is 12.1. The summed E-state index contributed by atoms with van der Waals surface area (Å²) in [6, 6.07) is 10.6. The molecule has 25 heavy (non-hydrogen) atoms. The number of carboxylic acids is 1. The summed E-state index contributed by atoms with van der Waals surface area (Å²) in [6.07, 6.45) is 0. The van der Waals surface area contributed by atoms with Crippen LogP contribution in [0.5, 0.6) is 11.5 Å². The Morgan fingerprint density at radius 1 is 1.08 bits per heavy atom. The molecule has 0 unspecified atom stereocenters. The van der Waals surface area contributed by atoms with Gasteiger partial charge in [0.15, 0.2) is 17.2 Å². The Labute approximate surface area is 141 Å². The van der Waals surface area contributed by atoms with Crippen LogP contribution in [0.1, 0.15) is 10.5 Å². The molecule has 2 heterocycles. The van der Waals surface area contributed by atoms with Crippen molar-refractivity contribution in [2.75, 3.05) is 13.2 Å². The third-order valence-electron chi connectivity index (χ3n) is 3.76. The van der Waals surface area contributed by atoms with E-state index in [0.717, 1.165) is 0 Å². The van der Waals surface area contributed by atoms with Crippen molar-refractivity contribution >= 4 is 5.97 Å². The number of ether oxygens (including phenoxy) is 2. The Hall–Kier alpha value is -3.42. The minimum absolute atomic E-state index is 0.221. The third-order valence-corrected chi connectivity index (χ3v) is 3.76. The molecule has 0 atom stereocenters. The molecule has 0 saturated heterocycles. The van der Waals surface area contributed by atoms with E-state index in [4.69, 9.17) is 9.47 Å². The average molecular weight is 341 g/mol. The van der Waals surface area contributed by atoms with Crippen molar-refractivity contribution in [1.29, 1.82) is 0 Å². The lowest BCUT2D eigenvalue weighted by molar-refractivity contribution is 0.0691. The van der Waals surface area contributed by atoms with Crippen LogP contribution >= 0.6 is 0 Å². The van der Waals surface area contributed by atoms with Gasteiger partial charge in [0, 0.05) is 11.6 Å². The van der Waals surface area contributed by atoms with Crippen LogP contribution in [0.15, 0.2) is 42.5 Å². The molecule has 3 aromatic rings. The first-order valence-electron chi connectivity index (χ1n) is 7.48. The van der Waals surface area contributed by atoms with Crippen molar-refractivity contribution in [2.24, 2.45) is 0 Å². The Kier molecular flexibility index (Phi) is 3.57. The van der Waals surface area contributed by atoms with Gasteiger partial charge < -0.3 is 14.6 Å². The van der Waals surface area contributed by atoms with E-state index < -0.39 is 11.8 Å². The number of carbonyl (C=O) groups is 1. The molecule has 0 bridgehead atoms. The SMILES string of the molecule is O=C(O)c1nnn(-c2ccc3c(c2)OCCO3)c1-c1ccc(F)cc1. The van der Waals surface area contributed by atoms with Crippen LogP contribution in [0, 0.1) is 5.82 Å². The van der Waals surface area contributed by atoms with Gasteiger partial charge >= 0.3 is 5.97 Å². The lowest BCUT2D eigenvalue weighted by atomic mass is 10.1. The number of hydrogen-bond acceptors (Lipinski definition) is 5. The molecule has 0 saturated carbocycles. The highest BCUT2D eigenvalue weighted by Gasteiger charge is 2.23. The van der Waals surface area contributed by atoms with E-state index in [1.807, 2.05) is 0 Å². The van der Waals surface area contributed by atoms with Gasteiger partial charge in [-0.15, -0.1) is 5.10 Å². The molecule has 0 fully saturated rings. The lowest BCUT2D eigenvalue weighted by Gasteiger charge is -2.19. The molecule has 0 aliphatic carbocycles. The van der Waals surface area contributed by atoms with Gasteiger partial charge in [-0.1, -0.05) is 5.21 Å². The van der Waals surface area contributed by atoms with E-state index in [9.17, 15) is 14.3 Å². The van der Waals surface area contributed by atoms with Gasteiger partial charge in [-0.3, -0.25) is 0 Å². The van der Waals surface area contributed by atoms with E-state index in [2.05, 4.69) is 10.3 Å². The van der Waals surface area contributed by atoms with Gasteiger partial charge in [-0.05, 0) is 36.4 Å². The molecule has 4 rings (SSSR count). The summed E-state index contributed by atoms with van der Waals surface area (Å²) in [7, 11) is 0. The normalized spacial score (nSPS) is 12.8. The molecule has 0 amide bonds. The van der Waals surface area contributed by atoms with Crippen LogP contribution in [0.2, 0.25) is 0 Å². The molecule has 8 heteroatoms. The second kappa shape index (κ2) is 5.90. The Balaban J connectivity index is 1.88. The number of hydrogen-bond donors (Lipinski definition) is 1. The zero-order chi connectivity index (χ0) is 17.4. The number of benzene rings is 2. The highest BCUT2D eigenvalue weighted by molar-refractivity contribution is 5.93. The summed E-state index contributed by atoms with van der Waals surface area (Å²) >= 11 is 0. The quantitative estimate of drug-likeness (QED) is 0.788. The van der Waals surface area contributed by atoms with Gasteiger partial charge in [0.05, 0.1) is 5.69 Å². The summed E-state index contributed by atoms with van der Waals surface area (Å²) in [5.74, 6) is -0.486. The molecule has 1 aliphatic rings. The van der Waals surface area contributed by atoms with Crippen LogP contribution < -0.4 is 9.47 Å². The first-order valence-corrected chi connectivity index (χ1v) is 7.48. The first kappa shape index (κ1) is 15.1. The van der Waals surface area contributed by atoms with Gasteiger partial charge in [0.25, 0.3) is 0 Å². The van der Waals surface area contributed by atoms with E-state index in [0.29, 0.717) is 36.0 Å². The van der Waals surface area contributed by atoms with Crippen molar-refractivity contribution < 1.29 is 23.8 Å². The topological polar surface area (TPSA) is 86.5 Å². The van der Waals surface area contributed by atoms with Gasteiger partial charge in [-0.2, -0.15) is 0 Å². The summed E-state index contributed by atoms with van der Waals surface area (Å²) in [5.41, 5.74) is 1.08. The van der Waals surface area contributed by atoms with Crippen LogP contribution in [-0.4, -0.2) is 39.3 Å². The third kappa shape index (κ3) is 2.67. The van der Waals surface area contributed by atoms with Crippen molar-refractivity contribution in [2.45, 2.75) is 0 Å². The summed E-state index contributed by atoms with van der Waals surface area (Å²) < 4.78 is 25.6. The standard InChI is InChI=1S/C17H12FN3O4/c18-11-3-1-10(2-4-11)16-15(17(22)23)19-20-21(16)12-5-6-13-14(9-12)25-8-7-24-13/h1-6,9H,7-8H2,(H,22,23). The van der Waals surface area contributed by atoms with Crippen molar-refractivity contribution in [3.05, 3.63) is 54.0 Å². The van der Waals surface area contributed by atoms with Crippen molar-refractivity contribution in [1.82, 2.24) is 15.0 Å². The smallest absolute Gasteiger partial charge is 0.358 e. The van der Waals surface area contributed by atoms with E-state index in [1.165, 1.54) is 28.9 Å². The molecule has 1 aromatic heterocycles. The predicted octanol–water partition coefficient (Wildman–Crippen LogP) is 2.54. The number of nitrogens with zero attached hydrogens (tertiary/aromatic N) is 3. The van der Waals surface area contributed by atoms with Crippen molar-refractivity contribution in [3.8, 4) is 28.4 Å². The predicted molar refractivity (Wildman–Crippen MR) is 84.7 cm³/mol. The maximum Gasteiger partial charge on any atom is 0.358 e. The molecule has 7 nitrogen and oxygen atoms in total. The summed E-state index contributed by atoms with van der Waals surface area (Å²) in [6.45, 7) is 0.901. The zero-order valence-electron chi connectivity index (χ0n) is 12.8. The van der Waals surface area contributed by atoms with Crippen LogP contribution in [0.3, 0.4) is 0 Å². The van der Waals surface area contributed by atoms with E-state index >= 15 is 0 Å². The molecule has 0 spiro atoms. The largest absolute Gasteiger partial charge is 0.486 e. The van der Waals surface area contributed by atoms with Gasteiger partial charge in [-0.25, -0.2) is 13.9 Å². The van der Waals surface area contributed by atoms with Crippen molar-refractivity contribution in [3.63, 3.8) is 0 Å². The summed E-state index contributed by atoms with van der Waals surface area (Å²) in [4.78, 5) is 11.5. The molecule has 2 aromatic carbocycles. The number of rotatable bonds is 3. The Morgan fingerprint density at radius 2 is 1.80 bits per heavy atom. The number of carboxylic acid groups (broad SMARTS) is 1.